The van der Waals surface area contributed by atoms with E-state index in [1.54, 1.807) is 0 Å². The van der Waals surface area contributed by atoms with Crippen LogP contribution in [0.5, 0.6) is 5.75 Å². The molecule has 0 unspecified atom stereocenters. The molecular weight excluding hydrogens is 403 g/mol. The summed E-state index contributed by atoms with van der Waals surface area (Å²) in [6.07, 6.45) is 3.43. The molecule has 2 bridgehead atoms. The highest BCUT2D eigenvalue weighted by Gasteiger charge is 2.34. The molecule has 2 aromatic rings. The van der Waals surface area contributed by atoms with E-state index >= 15 is 0 Å². The van der Waals surface area contributed by atoms with E-state index in [1.165, 1.54) is 9.47 Å². The number of hydrogen-bond donors (Lipinski definition) is 1. The fourth-order valence-electron chi connectivity index (χ4n) is 3.95. The molecule has 0 saturated carbocycles. The Hall–Kier alpha value is -3.30. The highest BCUT2D eigenvalue weighted by Crippen LogP contribution is 2.31. The van der Waals surface area contributed by atoms with Crippen LogP contribution in [0.25, 0.3) is 0 Å². The lowest BCUT2D eigenvalue weighted by Gasteiger charge is -2.36. The topological polar surface area (TPSA) is 94.5 Å². The number of aromatic nitrogens is 1. The number of fused-ring (bicyclic) bond motifs is 4. The number of amides is 2. The maximum atomic E-state index is 13.8. The van der Waals surface area contributed by atoms with E-state index < -0.39 is 58.1 Å². The summed E-state index contributed by atoms with van der Waals surface area (Å²) in [4.78, 5) is 39.1. The second kappa shape index (κ2) is 7.51. The lowest BCUT2D eigenvalue weighted by atomic mass is 10.1. The Kier molecular flexibility index (Phi) is 5.00. The monoisotopic (exact) mass is 420 g/mol. The third-order valence-electron chi connectivity index (χ3n) is 5.50. The predicted octanol–water partition coefficient (Wildman–Crippen LogP) is 1.45. The Morgan fingerprint density at radius 1 is 1.17 bits per heavy atom. The van der Waals surface area contributed by atoms with Gasteiger partial charge < -0.3 is 19.9 Å². The fraction of sp³-hybridized carbons (Fsp3) is 0.350. The van der Waals surface area contributed by atoms with Crippen molar-refractivity contribution >= 4 is 11.8 Å². The fourth-order valence-corrected chi connectivity index (χ4v) is 3.95. The van der Waals surface area contributed by atoms with Crippen molar-refractivity contribution in [2.24, 2.45) is 0 Å². The van der Waals surface area contributed by atoms with Gasteiger partial charge in [0.25, 0.3) is 11.8 Å². The Bertz CT molecular complexity index is 1090. The first-order chi connectivity index (χ1) is 14.3. The molecular formula is C20H17F3N3O4-. The number of benzene rings is 1. The predicted molar refractivity (Wildman–Crippen MR) is 96.4 cm³/mol. The number of halogens is 3. The Balaban J connectivity index is 1.67. The van der Waals surface area contributed by atoms with Crippen LogP contribution < -0.4 is 15.9 Å². The van der Waals surface area contributed by atoms with Gasteiger partial charge in [0.05, 0.1) is 6.04 Å². The third kappa shape index (κ3) is 3.31. The molecule has 3 heterocycles. The minimum Gasteiger partial charge on any atom is -0.868 e. The average Bonchev–Trinajstić information content (AvgIpc) is 2.91. The number of rotatable bonds is 3. The van der Waals surface area contributed by atoms with Gasteiger partial charge in [-0.3, -0.25) is 14.4 Å². The molecule has 1 N–H and O–H groups in total. The van der Waals surface area contributed by atoms with Crippen LogP contribution in [0.1, 0.15) is 51.7 Å². The summed E-state index contributed by atoms with van der Waals surface area (Å²) in [5.41, 5.74) is -2.53. The summed E-state index contributed by atoms with van der Waals surface area (Å²) in [6.45, 7) is 0.226. The van der Waals surface area contributed by atoms with Crippen molar-refractivity contribution in [3.05, 3.63) is 62.8 Å². The first-order valence-corrected chi connectivity index (χ1v) is 9.45. The van der Waals surface area contributed by atoms with Crippen molar-refractivity contribution in [2.45, 2.75) is 31.8 Å². The lowest BCUT2D eigenvalue weighted by molar-refractivity contribution is -0.271. The summed E-state index contributed by atoms with van der Waals surface area (Å²) in [5, 5.41) is 14.8. The number of hydrogen-bond acceptors (Lipinski definition) is 4. The highest BCUT2D eigenvalue weighted by molar-refractivity contribution is 5.99. The Morgan fingerprint density at radius 2 is 1.87 bits per heavy atom. The Morgan fingerprint density at radius 3 is 2.57 bits per heavy atom. The van der Waals surface area contributed by atoms with Gasteiger partial charge in [-0.1, -0.05) is 0 Å². The molecule has 0 radical (unpaired) electrons. The zero-order valence-electron chi connectivity index (χ0n) is 15.7. The van der Waals surface area contributed by atoms with Crippen molar-refractivity contribution in [3.63, 3.8) is 0 Å². The number of pyridine rings is 1. The standard InChI is InChI=1S/C20H18F3N3O4/c21-10-5-14(22)12(15(23)6-10)7-24-19(29)13-9-26-11-3-1-2-4-25(8-11)20(30)16(26)18(28)17(13)27/h5-6,9,11,28H,1-4,7-8H2,(H,24,29)/p-1/t11-/m0/s1. The maximum Gasteiger partial charge on any atom is 0.270 e. The van der Waals surface area contributed by atoms with Gasteiger partial charge in [-0.2, -0.15) is 0 Å². The SMILES string of the molecule is O=C(NCc1c(F)cc(F)cc1F)c1cn2c(c([O-])c1=O)C(=O)N1CCCC[C@H]2C1. The van der Waals surface area contributed by atoms with Gasteiger partial charge in [-0.15, -0.1) is 0 Å². The minimum absolute atomic E-state index is 0.243. The number of nitrogens with zero attached hydrogens (tertiary/aromatic N) is 2. The van der Waals surface area contributed by atoms with E-state index in [1.807, 2.05) is 0 Å². The van der Waals surface area contributed by atoms with E-state index in [0.717, 1.165) is 19.0 Å². The van der Waals surface area contributed by atoms with Crippen LogP contribution in [0.15, 0.2) is 23.1 Å². The first kappa shape index (κ1) is 20.0. The molecule has 1 saturated heterocycles. The average molecular weight is 420 g/mol. The van der Waals surface area contributed by atoms with E-state index in [2.05, 4.69) is 5.32 Å². The molecule has 1 atom stereocenters. The van der Waals surface area contributed by atoms with Crippen molar-refractivity contribution in [1.29, 1.82) is 0 Å². The largest absolute Gasteiger partial charge is 0.868 e. The van der Waals surface area contributed by atoms with Crippen molar-refractivity contribution < 1.29 is 27.9 Å². The first-order valence-electron chi connectivity index (χ1n) is 9.45. The maximum absolute atomic E-state index is 13.8. The minimum atomic E-state index is -1.19. The molecule has 7 nitrogen and oxygen atoms in total. The summed E-state index contributed by atoms with van der Waals surface area (Å²) in [6, 6.07) is 0.696. The normalized spacial score (nSPS) is 18.0. The number of nitrogens with one attached hydrogen (secondary N) is 1. The Labute approximate surface area is 168 Å². The van der Waals surface area contributed by atoms with Crippen molar-refractivity contribution in [3.8, 4) is 5.75 Å². The summed E-state index contributed by atoms with van der Waals surface area (Å²) < 4.78 is 41.9. The summed E-state index contributed by atoms with van der Waals surface area (Å²) in [5.74, 6) is -6.13. The number of carbonyl (C=O) groups excluding carboxylic acids is 2. The van der Waals surface area contributed by atoms with E-state index in [4.69, 9.17) is 0 Å². The van der Waals surface area contributed by atoms with Gasteiger partial charge >= 0.3 is 0 Å². The van der Waals surface area contributed by atoms with Crippen molar-refractivity contribution in [2.75, 3.05) is 13.1 Å². The molecule has 30 heavy (non-hydrogen) atoms. The zero-order valence-corrected chi connectivity index (χ0v) is 15.7. The van der Waals surface area contributed by atoms with E-state index in [-0.39, 0.29) is 11.7 Å². The molecule has 1 aromatic heterocycles. The van der Waals surface area contributed by atoms with Crippen LogP contribution in [0.3, 0.4) is 0 Å². The molecule has 1 fully saturated rings. The molecule has 10 heteroatoms. The number of carbonyl (C=O) groups is 2. The molecule has 2 aliphatic rings. The van der Waals surface area contributed by atoms with Crippen LogP contribution in [0.2, 0.25) is 0 Å². The molecule has 4 rings (SSSR count). The second-order valence-corrected chi connectivity index (χ2v) is 7.39. The van der Waals surface area contributed by atoms with Crippen LogP contribution in [-0.4, -0.2) is 34.4 Å². The molecule has 2 amide bonds. The van der Waals surface area contributed by atoms with Gasteiger partial charge in [0.2, 0.25) is 0 Å². The van der Waals surface area contributed by atoms with E-state index in [0.29, 0.717) is 31.6 Å². The molecule has 0 aliphatic carbocycles. The van der Waals surface area contributed by atoms with Crippen molar-refractivity contribution in [1.82, 2.24) is 14.8 Å². The van der Waals surface area contributed by atoms with E-state index in [9.17, 15) is 32.7 Å². The molecule has 1 aromatic carbocycles. The lowest BCUT2D eigenvalue weighted by Crippen LogP contribution is -2.45. The van der Waals surface area contributed by atoms with Crippen LogP contribution in [0, 0.1) is 17.5 Å². The zero-order chi connectivity index (χ0) is 21.6. The van der Waals surface area contributed by atoms with Gasteiger partial charge in [-0.05, 0) is 25.0 Å². The summed E-state index contributed by atoms with van der Waals surface area (Å²) >= 11 is 0. The van der Waals surface area contributed by atoms with Crippen LogP contribution in [-0.2, 0) is 6.54 Å². The molecule has 0 spiro atoms. The molecule has 158 valence electrons. The highest BCUT2D eigenvalue weighted by atomic mass is 19.1. The van der Waals surface area contributed by atoms with Gasteiger partial charge in [0.15, 0.2) is 5.43 Å². The third-order valence-corrected chi connectivity index (χ3v) is 5.50. The summed E-state index contributed by atoms with van der Waals surface area (Å²) in [7, 11) is 0. The smallest absolute Gasteiger partial charge is 0.270 e. The van der Waals surface area contributed by atoms with Crippen LogP contribution in [0.4, 0.5) is 13.2 Å². The van der Waals surface area contributed by atoms with Crippen LogP contribution >= 0.6 is 0 Å². The van der Waals surface area contributed by atoms with Gasteiger partial charge in [0, 0.05) is 43.5 Å². The molecule has 2 aliphatic heterocycles. The second-order valence-electron chi connectivity index (χ2n) is 7.39. The quantitative estimate of drug-likeness (QED) is 0.813. The van der Waals surface area contributed by atoms with Gasteiger partial charge in [0.1, 0.15) is 28.7 Å². The van der Waals surface area contributed by atoms with Gasteiger partial charge in [-0.25, -0.2) is 13.2 Å².